The maximum Gasteiger partial charge on any atom is 0.263 e. The van der Waals surface area contributed by atoms with E-state index in [1.165, 1.54) is 17.5 Å². The Hall–Kier alpha value is -3.92. The summed E-state index contributed by atoms with van der Waals surface area (Å²) in [6.07, 6.45) is 7.69. The van der Waals surface area contributed by atoms with Gasteiger partial charge in [-0.3, -0.25) is 9.59 Å². The Balaban J connectivity index is 1.82. The minimum Gasteiger partial charge on any atom is -0.494 e. The highest BCUT2D eigenvalue weighted by molar-refractivity contribution is 9.09. The number of anilines is 1. The number of carbonyl (C=O) groups is 1. The first-order chi connectivity index (χ1) is 22.3. The van der Waals surface area contributed by atoms with Crippen LogP contribution in [-0.4, -0.2) is 42.2 Å². The fourth-order valence-electron chi connectivity index (χ4n) is 5.21. The molecule has 4 rings (SSSR count). The molecule has 0 atom stereocenters. The summed E-state index contributed by atoms with van der Waals surface area (Å²) in [5.41, 5.74) is 0.467. The van der Waals surface area contributed by atoms with Gasteiger partial charge < -0.3 is 23.7 Å². The molecule has 0 radical (unpaired) electrons. The van der Waals surface area contributed by atoms with Crippen LogP contribution in [0.3, 0.4) is 0 Å². The number of hydrogen-bond acceptors (Lipinski definition) is 5. The molecule has 0 unspecified atom stereocenters. The van der Waals surface area contributed by atoms with Gasteiger partial charge in [-0.1, -0.05) is 42.1 Å². The highest BCUT2D eigenvalue weighted by Gasteiger charge is 2.24. The van der Waals surface area contributed by atoms with Crippen molar-refractivity contribution in [1.82, 2.24) is 4.57 Å². The molecule has 4 aromatic rings. The molecule has 46 heavy (non-hydrogen) atoms. The van der Waals surface area contributed by atoms with Gasteiger partial charge >= 0.3 is 0 Å². The van der Waals surface area contributed by atoms with Crippen molar-refractivity contribution in [2.24, 2.45) is 0 Å². The van der Waals surface area contributed by atoms with Gasteiger partial charge in [0.2, 0.25) is 5.43 Å². The average molecular weight is 700 g/mol. The molecule has 0 fully saturated rings. The van der Waals surface area contributed by atoms with Gasteiger partial charge in [0, 0.05) is 59.5 Å². The van der Waals surface area contributed by atoms with E-state index in [4.69, 9.17) is 14.2 Å². The molecule has 0 aliphatic carbocycles. The Labute approximate surface area is 277 Å². The summed E-state index contributed by atoms with van der Waals surface area (Å²) in [4.78, 5) is 29.0. The first-order valence-corrected chi connectivity index (χ1v) is 17.0. The second-order valence-electron chi connectivity index (χ2n) is 10.8. The number of ether oxygens (including phenoxy) is 3. The highest BCUT2D eigenvalue weighted by atomic mass is 79.9. The van der Waals surface area contributed by atoms with Crippen LogP contribution >= 0.6 is 15.9 Å². The average Bonchev–Trinajstić information content (AvgIpc) is 3.03. The lowest BCUT2D eigenvalue weighted by atomic mass is 10.1. The fraction of sp³-hybridized carbons (Fsp3) is 0.389. The Morgan fingerprint density at radius 1 is 0.804 bits per heavy atom. The Bertz CT molecular complexity index is 1670. The van der Waals surface area contributed by atoms with Crippen LogP contribution in [0.25, 0.3) is 16.6 Å². The number of benzene rings is 3. The van der Waals surface area contributed by atoms with Gasteiger partial charge in [-0.2, -0.15) is 0 Å². The van der Waals surface area contributed by atoms with E-state index in [9.17, 15) is 18.4 Å². The van der Waals surface area contributed by atoms with Crippen LogP contribution in [0, 0.1) is 11.6 Å². The molecule has 0 aliphatic heterocycles. The van der Waals surface area contributed by atoms with E-state index in [1.54, 1.807) is 41.8 Å². The number of amides is 1. The number of carbonyl (C=O) groups excluding carboxylic acids is 1. The summed E-state index contributed by atoms with van der Waals surface area (Å²) in [5.74, 6) is -0.610. The van der Waals surface area contributed by atoms with Gasteiger partial charge in [-0.15, -0.1) is 0 Å². The number of fused-ring (bicyclic) bond motifs is 1. The zero-order chi connectivity index (χ0) is 33.1. The van der Waals surface area contributed by atoms with Crippen molar-refractivity contribution < 1.29 is 27.8 Å². The maximum atomic E-state index is 14.1. The van der Waals surface area contributed by atoms with Gasteiger partial charge in [0.1, 0.15) is 34.4 Å². The molecule has 246 valence electrons. The van der Waals surface area contributed by atoms with Gasteiger partial charge in [0.05, 0.1) is 31.0 Å². The molecule has 0 saturated carbocycles. The van der Waals surface area contributed by atoms with Crippen molar-refractivity contribution in [1.29, 1.82) is 0 Å². The molecule has 7 nitrogen and oxygen atoms in total. The van der Waals surface area contributed by atoms with Crippen LogP contribution < -0.4 is 24.5 Å². The Morgan fingerprint density at radius 2 is 1.48 bits per heavy atom. The largest absolute Gasteiger partial charge is 0.494 e. The summed E-state index contributed by atoms with van der Waals surface area (Å²) in [5, 5.41) is 1.29. The minimum atomic E-state index is -0.823. The van der Waals surface area contributed by atoms with Crippen molar-refractivity contribution in [2.45, 2.75) is 59.3 Å². The lowest BCUT2D eigenvalue weighted by molar-refractivity contribution is 0.0987. The standard InChI is InChI=1S/C36H41BrF2N2O5/c1-4-15-45-31-21-28(20-30(22-31)44-6-3)41-24-33(36(43)40(5-2)27-18-25(38)17-26(39)19-27)35(42)32-13-12-29(23-34(32)41)46-16-11-9-7-8-10-14-37/h12-13,17-24H,4-11,14-16H2,1-3H3. The van der Waals surface area contributed by atoms with Crippen LogP contribution in [-0.2, 0) is 0 Å². The molecule has 0 N–H and O–H groups in total. The molecule has 0 aliphatic rings. The van der Waals surface area contributed by atoms with E-state index >= 15 is 0 Å². The summed E-state index contributed by atoms with van der Waals surface area (Å²) >= 11 is 3.46. The molecule has 1 aromatic heterocycles. The van der Waals surface area contributed by atoms with E-state index in [-0.39, 0.29) is 23.2 Å². The third-order valence-corrected chi connectivity index (χ3v) is 7.96. The van der Waals surface area contributed by atoms with Crippen LogP contribution in [0.2, 0.25) is 0 Å². The molecule has 0 spiro atoms. The summed E-state index contributed by atoms with van der Waals surface area (Å²) in [6, 6.07) is 13.4. The van der Waals surface area contributed by atoms with E-state index in [1.807, 2.05) is 19.9 Å². The second-order valence-corrected chi connectivity index (χ2v) is 11.6. The quantitative estimate of drug-likeness (QED) is 0.0814. The number of halogens is 3. The van der Waals surface area contributed by atoms with Crippen molar-refractivity contribution >= 4 is 38.4 Å². The summed E-state index contributed by atoms with van der Waals surface area (Å²) < 4.78 is 47.9. The normalized spacial score (nSPS) is 11.1. The smallest absolute Gasteiger partial charge is 0.263 e. The maximum absolute atomic E-state index is 14.1. The first kappa shape index (κ1) is 34.9. The number of aromatic nitrogens is 1. The Kier molecular flexibility index (Phi) is 13.0. The summed E-state index contributed by atoms with van der Waals surface area (Å²) in [7, 11) is 0. The van der Waals surface area contributed by atoms with E-state index < -0.39 is 23.0 Å². The van der Waals surface area contributed by atoms with Gasteiger partial charge in [-0.05, 0) is 57.4 Å². The zero-order valence-electron chi connectivity index (χ0n) is 26.6. The number of pyridine rings is 1. The third kappa shape index (κ3) is 8.87. The molecule has 10 heteroatoms. The van der Waals surface area contributed by atoms with Crippen molar-refractivity contribution in [3.63, 3.8) is 0 Å². The van der Waals surface area contributed by atoms with Gasteiger partial charge in [0.15, 0.2) is 0 Å². The monoisotopic (exact) mass is 698 g/mol. The lowest BCUT2D eigenvalue weighted by Gasteiger charge is -2.22. The topological polar surface area (TPSA) is 70.0 Å². The Morgan fingerprint density at radius 3 is 2.15 bits per heavy atom. The predicted octanol–water partition coefficient (Wildman–Crippen LogP) is 8.85. The van der Waals surface area contributed by atoms with Crippen LogP contribution in [0.15, 0.2) is 65.6 Å². The highest BCUT2D eigenvalue weighted by Crippen LogP contribution is 2.30. The lowest BCUT2D eigenvalue weighted by Crippen LogP contribution is -2.35. The summed E-state index contributed by atoms with van der Waals surface area (Å²) in [6.45, 7) is 7.10. The number of rotatable bonds is 17. The van der Waals surface area contributed by atoms with Gasteiger partial charge in [0.25, 0.3) is 5.91 Å². The molecule has 1 amide bonds. The first-order valence-electron chi connectivity index (χ1n) is 15.9. The third-order valence-electron chi connectivity index (χ3n) is 7.40. The number of alkyl halides is 1. The molecule has 0 saturated heterocycles. The van der Waals surface area contributed by atoms with Crippen LogP contribution in [0.1, 0.15) is 69.7 Å². The minimum absolute atomic E-state index is 0.0144. The number of unbranched alkanes of at least 4 members (excludes halogenated alkanes) is 4. The van der Waals surface area contributed by atoms with Crippen molar-refractivity contribution in [3.8, 4) is 22.9 Å². The van der Waals surface area contributed by atoms with E-state index in [2.05, 4.69) is 15.9 Å². The van der Waals surface area contributed by atoms with Crippen molar-refractivity contribution in [2.75, 3.05) is 36.6 Å². The van der Waals surface area contributed by atoms with E-state index in [0.717, 1.165) is 55.6 Å². The molecule has 3 aromatic carbocycles. The molecular formula is C36H41BrF2N2O5. The molecule has 1 heterocycles. The van der Waals surface area contributed by atoms with E-state index in [0.29, 0.717) is 48.3 Å². The number of nitrogens with zero attached hydrogens (tertiary/aromatic N) is 2. The zero-order valence-corrected chi connectivity index (χ0v) is 28.2. The molecule has 0 bridgehead atoms. The SMILES string of the molecule is CCCOc1cc(OCC)cc(-n2cc(C(=O)N(CC)c3cc(F)cc(F)c3)c(=O)c3ccc(OCCCCCCCBr)cc32)c1. The molecular weight excluding hydrogens is 658 g/mol. The van der Waals surface area contributed by atoms with Crippen molar-refractivity contribution in [3.05, 3.63) is 88.2 Å². The van der Waals surface area contributed by atoms with Crippen LogP contribution in [0.4, 0.5) is 14.5 Å². The number of hydrogen-bond donors (Lipinski definition) is 0. The fourth-order valence-corrected chi connectivity index (χ4v) is 5.61. The second kappa shape index (κ2) is 17.1. The van der Waals surface area contributed by atoms with Gasteiger partial charge in [-0.25, -0.2) is 8.78 Å². The predicted molar refractivity (Wildman–Crippen MR) is 183 cm³/mol. The van der Waals surface area contributed by atoms with Crippen LogP contribution in [0.5, 0.6) is 17.2 Å².